The molecule has 0 aliphatic carbocycles. The molecule has 0 aliphatic rings. The molecule has 7 heteroatoms. The third-order valence-electron chi connectivity index (χ3n) is 1.32. The molecule has 0 unspecified atom stereocenters. The average Bonchev–Trinajstić information content (AvgIpc) is 2.00. The number of hydrogen-bond acceptors (Lipinski definition) is 1. The first-order valence-corrected chi connectivity index (χ1v) is 4.84. The van der Waals surface area contributed by atoms with E-state index in [1.54, 1.807) is 0 Å². The lowest BCUT2D eigenvalue weighted by molar-refractivity contribution is 0.312. The van der Waals surface area contributed by atoms with Crippen LogP contribution in [0.25, 0.3) is 0 Å². The molecule has 0 aromatic heterocycles. The van der Waals surface area contributed by atoms with Crippen molar-refractivity contribution < 1.29 is 17.7 Å². The molecule has 1 aromatic carbocycles. The summed E-state index contributed by atoms with van der Waals surface area (Å²) in [7, 11) is 0. The molecule has 14 heavy (non-hydrogen) atoms. The van der Waals surface area contributed by atoms with E-state index < -0.39 is 13.5 Å². The minimum absolute atomic E-state index is 0.133. The molecule has 0 fully saturated rings. The monoisotopic (exact) mass is 287 g/mol. The van der Waals surface area contributed by atoms with Crippen molar-refractivity contribution in [2.45, 2.75) is 0 Å². The number of benzene rings is 1. The lowest BCUT2D eigenvalue weighted by Gasteiger charge is -2.15. The highest BCUT2D eigenvalue weighted by Crippen LogP contribution is 2.28. The van der Waals surface area contributed by atoms with Crippen molar-refractivity contribution in [1.82, 2.24) is 0 Å². The van der Waals surface area contributed by atoms with E-state index in [0.717, 1.165) is 0 Å². The molecule has 0 aliphatic heterocycles. The predicted octanol–water partition coefficient (Wildman–Crippen LogP) is 3.87. The van der Waals surface area contributed by atoms with Gasteiger partial charge in [-0.25, -0.2) is 0 Å². The minimum atomic E-state index is -4.93. The summed E-state index contributed by atoms with van der Waals surface area (Å²) in [4.78, 5) is 0. The maximum Gasteiger partial charge on any atom is 0.515 e. The van der Waals surface area contributed by atoms with Gasteiger partial charge in [-0.15, -0.1) is 0 Å². The largest absolute Gasteiger partial charge is 0.521 e. The van der Waals surface area contributed by atoms with Gasteiger partial charge in [0.25, 0.3) is 0 Å². The summed E-state index contributed by atoms with van der Waals surface area (Å²) in [5, 5.41) is 0.432. The van der Waals surface area contributed by atoms with Gasteiger partial charge in [0.2, 0.25) is 0 Å². The van der Waals surface area contributed by atoms with Gasteiger partial charge in [0.15, 0.2) is 0 Å². The van der Waals surface area contributed by atoms with Gasteiger partial charge < -0.3 is 17.7 Å². The smallest absolute Gasteiger partial charge is 0.515 e. The van der Waals surface area contributed by atoms with E-state index in [1.165, 1.54) is 18.2 Å². The van der Waals surface area contributed by atoms with Gasteiger partial charge in [0.1, 0.15) is 5.75 Å². The summed E-state index contributed by atoms with van der Waals surface area (Å²) < 4.78 is 40.5. The highest BCUT2D eigenvalue weighted by atomic mass is 79.9. The average molecular weight is 288 g/mol. The van der Waals surface area contributed by atoms with Gasteiger partial charge in [-0.1, -0.05) is 11.6 Å². The molecule has 0 heterocycles. The van der Waals surface area contributed by atoms with Crippen molar-refractivity contribution in [3.05, 3.63) is 27.7 Å². The van der Waals surface area contributed by atoms with E-state index in [4.69, 9.17) is 11.6 Å². The van der Waals surface area contributed by atoms with E-state index in [9.17, 15) is 12.9 Å². The Bertz CT molecular complexity index is 331. The SMILES string of the molecule is F[B-](F)(F)COc1ccc(Cl)cc1Br. The molecule has 1 rings (SSSR count). The lowest BCUT2D eigenvalue weighted by atomic mass is 9.95. The lowest BCUT2D eigenvalue weighted by Crippen LogP contribution is -2.26. The van der Waals surface area contributed by atoms with Crippen molar-refractivity contribution >= 4 is 34.5 Å². The van der Waals surface area contributed by atoms with Crippen LogP contribution in [0.15, 0.2) is 22.7 Å². The van der Waals surface area contributed by atoms with E-state index in [1.807, 2.05) is 0 Å². The topological polar surface area (TPSA) is 9.23 Å². The first-order chi connectivity index (χ1) is 6.38. The number of hydrogen-bond donors (Lipinski definition) is 0. The number of halogens is 5. The summed E-state index contributed by atoms with van der Waals surface area (Å²) in [5.41, 5.74) is 0. The quantitative estimate of drug-likeness (QED) is 0.767. The zero-order valence-electron chi connectivity index (χ0n) is 6.81. The Morgan fingerprint density at radius 1 is 1.36 bits per heavy atom. The van der Waals surface area contributed by atoms with Crippen molar-refractivity contribution in [2.24, 2.45) is 0 Å². The van der Waals surface area contributed by atoms with Crippen LogP contribution in [0.5, 0.6) is 5.75 Å². The second kappa shape index (κ2) is 4.44. The van der Waals surface area contributed by atoms with Gasteiger partial charge in [-0.3, -0.25) is 0 Å². The first-order valence-electron chi connectivity index (χ1n) is 3.67. The van der Waals surface area contributed by atoms with E-state index in [-0.39, 0.29) is 5.75 Å². The van der Waals surface area contributed by atoms with Crippen molar-refractivity contribution in [3.8, 4) is 5.75 Å². The van der Waals surface area contributed by atoms with E-state index >= 15 is 0 Å². The second-order valence-corrected chi connectivity index (χ2v) is 3.89. The van der Waals surface area contributed by atoms with Crippen LogP contribution in [0.3, 0.4) is 0 Å². The summed E-state index contributed by atoms with van der Waals surface area (Å²) in [6.45, 7) is -6.18. The Balaban J connectivity index is 2.68. The maximum atomic E-state index is 11.8. The normalized spacial score (nSPS) is 11.5. The summed E-state index contributed by atoms with van der Waals surface area (Å²) >= 11 is 8.65. The van der Waals surface area contributed by atoms with Crippen molar-refractivity contribution in [3.63, 3.8) is 0 Å². The molecule has 0 saturated carbocycles. The highest BCUT2D eigenvalue weighted by molar-refractivity contribution is 9.10. The Labute approximate surface area is 92.4 Å². The fourth-order valence-electron chi connectivity index (χ4n) is 0.777. The molecule has 78 valence electrons. The number of rotatable bonds is 3. The van der Waals surface area contributed by atoms with Gasteiger partial charge in [-0.2, -0.15) is 0 Å². The molecule has 0 amide bonds. The fourth-order valence-corrected chi connectivity index (χ4v) is 1.57. The molecular weight excluding hydrogens is 283 g/mol. The van der Waals surface area contributed by atoms with Crippen LogP contribution in [0.1, 0.15) is 0 Å². The summed E-state index contributed by atoms with van der Waals surface area (Å²) in [6.07, 6.45) is 0. The van der Waals surface area contributed by atoms with Crippen molar-refractivity contribution in [1.29, 1.82) is 0 Å². The Morgan fingerprint density at radius 3 is 2.50 bits per heavy atom. The summed E-state index contributed by atoms with van der Waals surface area (Å²) in [6, 6.07) is 4.32. The molecule has 1 aromatic rings. The third-order valence-corrected chi connectivity index (χ3v) is 2.18. The molecule has 0 atom stereocenters. The maximum absolute atomic E-state index is 11.8. The van der Waals surface area contributed by atoms with Crippen LogP contribution >= 0.6 is 27.5 Å². The van der Waals surface area contributed by atoms with E-state index in [2.05, 4.69) is 20.7 Å². The van der Waals surface area contributed by atoms with Crippen LogP contribution in [0, 0.1) is 0 Å². The van der Waals surface area contributed by atoms with Crippen LogP contribution in [-0.4, -0.2) is 13.5 Å². The molecule has 0 saturated heterocycles. The molecule has 0 spiro atoms. The van der Waals surface area contributed by atoms with Crippen molar-refractivity contribution in [2.75, 3.05) is 6.51 Å². The zero-order valence-corrected chi connectivity index (χ0v) is 9.16. The fraction of sp³-hybridized carbons (Fsp3) is 0.143. The number of ether oxygens (including phenoxy) is 1. The first kappa shape index (κ1) is 11.7. The molecular formula is C7H5BBrClF3O-. The predicted molar refractivity (Wildman–Crippen MR) is 53.7 cm³/mol. The third kappa shape index (κ3) is 3.80. The molecule has 0 bridgehead atoms. The molecule has 1 nitrogen and oxygen atoms in total. The van der Waals surface area contributed by atoms with Gasteiger partial charge >= 0.3 is 6.98 Å². The van der Waals surface area contributed by atoms with Gasteiger partial charge in [-0.05, 0) is 34.1 Å². The van der Waals surface area contributed by atoms with E-state index in [0.29, 0.717) is 9.50 Å². The zero-order chi connectivity index (χ0) is 10.8. The Morgan fingerprint density at radius 2 is 2.00 bits per heavy atom. The van der Waals surface area contributed by atoms with Crippen LogP contribution < -0.4 is 4.74 Å². The van der Waals surface area contributed by atoms with Gasteiger partial charge in [0, 0.05) is 5.02 Å². The molecule has 0 radical (unpaired) electrons. The summed E-state index contributed by atoms with van der Waals surface area (Å²) in [5.74, 6) is 0.133. The van der Waals surface area contributed by atoms with Crippen LogP contribution in [0.4, 0.5) is 12.9 Å². The highest BCUT2D eigenvalue weighted by Gasteiger charge is 2.24. The standard InChI is InChI=1S/C7H5BBrClF3O/c9-6-3-5(10)1-2-7(6)14-4-8(11,12)13/h1-3H,4H2/q-1. The van der Waals surface area contributed by atoms with Gasteiger partial charge in [0.05, 0.1) is 11.0 Å². The minimum Gasteiger partial charge on any atom is -0.521 e. The van der Waals surface area contributed by atoms with Crippen LogP contribution in [-0.2, 0) is 0 Å². The Kier molecular flexibility index (Phi) is 3.72. The second-order valence-electron chi connectivity index (χ2n) is 2.60. The Hall–Kier alpha value is -0.355. The van der Waals surface area contributed by atoms with Crippen LogP contribution in [0.2, 0.25) is 5.02 Å². The molecule has 0 N–H and O–H groups in total.